The van der Waals surface area contributed by atoms with E-state index in [9.17, 15) is 9.18 Å². The number of carbonyl (C=O) groups excluding carboxylic acids is 1. The van der Waals surface area contributed by atoms with Gasteiger partial charge in [-0.25, -0.2) is 14.4 Å². The molecular weight excluding hydrogens is 281 g/mol. The van der Waals surface area contributed by atoms with Crippen LogP contribution in [0.1, 0.15) is 42.5 Å². The first-order valence-electron chi connectivity index (χ1n) is 8.24. The van der Waals surface area contributed by atoms with Crippen molar-refractivity contribution in [2.45, 2.75) is 32.1 Å². The van der Waals surface area contributed by atoms with Gasteiger partial charge in [-0.3, -0.25) is 4.79 Å². The van der Waals surface area contributed by atoms with Crippen LogP contribution < -0.4 is 5.73 Å². The van der Waals surface area contributed by atoms with E-state index in [1.807, 2.05) is 0 Å². The summed E-state index contributed by atoms with van der Waals surface area (Å²) in [4.78, 5) is 12.6. The highest BCUT2D eigenvalue weighted by Crippen LogP contribution is 2.26. The Morgan fingerprint density at radius 3 is 2.36 bits per heavy atom. The standard InChI is InChI=1S/C17H24FN3O/c18-14-4-5-16(19)15(12-14)17(22)13-6-10-21(11-7-13)20-8-2-1-3-9-20/h4-5,12-13H,1-3,6-11,19H2. The molecule has 0 spiro atoms. The van der Waals surface area contributed by atoms with Crippen LogP contribution in [0.15, 0.2) is 18.2 Å². The monoisotopic (exact) mass is 305 g/mol. The average molecular weight is 305 g/mol. The second-order valence-electron chi connectivity index (χ2n) is 6.34. The summed E-state index contributed by atoms with van der Waals surface area (Å²) in [5, 5.41) is 4.82. The minimum absolute atomic E-state index is 0.00436. The normalized spacial score (nSPS) is 21.9. The summed E-state index contributed by atoms with van der Waals surface area (Å²) in [5.41, 5.74) is 6.56. The number of nitrogen functional groups attached to an aromatic ring is 1. The number of piperidine rings is 2. The first-order chi connectivity index (χ1) is 10.6. The summed E-state index contributed by atoms with van der Waals surface area (Å²) in [6, 6.07) is 4.05. The predicted molar refractivity (Wildman–Crippen MR) is 84.9 cm³/mol. The number of anilines is 1. The molecule has 5 heteroatoms. The van der Waals surface area contributed by atoms with Gasteiger partial charge in [-0.1, -0.05) is 6.42 Å². The van der Waals surface area contributed by atoms with Gasteiger partial charge in [-0.2, -0.15) is 0 Å². The quantitative estimate of drug-likeness (QED) is 0.689. The van der Waals surface area contributed by atoms with E-state index < -0.39 is 5.82 Å². The Balaban J connectivity index is 1.61. The number of benzene rings is 1. The van der Waals surface area contributed by atoms with E-state index in [-0.39, 0.29) is 11.7 Å². The first-order valence-corrected chi connectivity index (χ1v) is 8.24. The number of hydrazine groups is 1. The lowest BCUT2D eigenvalue weighted by molar-refractivity contribution is -0.0584. The largest absolute Gasteiger partial charge is 0.398 e. The molecule has 2 aliphatic heterocycles. The fraction of sp³-hybridized carbons (Fsp3) is 0.588. The fourth-order valence-corrected chi connectivity index (χ4v) is 3.53. The SMILES string of the molecule is Nc1ccc(F)cc1C(=O)C1CCN(N2CCCCC2)CC1. The van der Waals surface area contributed by atoms with Gasteiger partial charge in [-0.05, 0) is 43.9 Å². The van der Waals surface area contributed by atoms with Crippen molar-refractivity contribution >= 4 is 11.5 Å². The highest BCUT2D eigenvalue weighted by atomic mass is 19.1. The van der Waals surface area contributed by atoms with Gasteiger partial charge in [0.15, 0.2) is 5.78 Å². The van der Waals surface area contributed by atoms with Gasteiger partial charge < -0.3 is 5.73 Å². The molecule has 1 aromatic rings. The fourth-order valence-electron chi connectivity index (χ4n) is 3.53. The summed E-state index contributed by atoms with van der Waals surface area (Å²) in [6.45, 7) is 4.09. The Morgan fingerprint density at radius 1 is 1.05 bits per heavy atom. The average Bonchev–Trinajstić information content (AvgIpc) is 2.57. The minimum Gasteiger partial charge on any atom is -0.398 e. The molecule has 0 bridgehead atoms. The van der Waals surface area contributed by atoms with E-state index in [0.717, 1.165) is 39.0 Å². The van der Waals surface area contributed by atoms with Crippen LogP contribution in [0, 0.1) is 11.7 Å². The van der Waals surface area contributed by atoms with Gasteiger partial charge in [0.2, 0.25) is 0 Å². The number of nitrogens with zero attached hydrogens (tertiary/aromatic N) is 2. The summed E-state index contributed by atoms with van der Waals surface area (Å²) in [6.07, 6.45) is 5.50. The minimum atomic E-state index is -0.400. The van der Waals surface area contributed by atoms with Gasteiger partial charge in [0.1, 0.15) is 5.82 Å². The molecule has 3 rings (SSSR count). The number of hydrogen-bond acceptors (Lipinski definition) is 4. The summed E-state index contributed by atoms with van der Waals surface area (Å²) < 4.78 is 13.4. The van der Waals surface area contributed by atoms with E-state index in [1.54, 1.807) is 0 Å². The third-order valence-electron chi connectivity index (χ3n) is 4.86. The van der Waals surface area contributed by atoms with Crippen LogP contribution in [0.5, 0.6) is 0 Å². The van der Waals surface area contributed by atoms with Crippen molar-refractivity contribution < 1.29 is 9.18 Å². The van der Waals surface area contributed by atoms with Crippen molar-refractivity contribution in [3.05, 3.63) is 29.6 Å². The molecule has 2 fully saturated rings. The lowest BCUT2D eigenvalue weighted by Crippen LogP contribution is -2.49. The van der Waals surface area contributed by atoms with Crippen molar-refractivity contribution in [2.75, 3.05) is 31.9 Å². The Bertz CT molecular complexity index is 535. The van der Waals surface area contributed by atoms with Crippen LogP contribution in [-0.4, -0.2) is 42.0 Å². The highest BCUT2D eigenvalue weighted by molar-refractivity contribution is 6.02. The number of ketones is 1. The third kappa shape index (κ3) is 3.31. The van der Waals surface area contributed by atoms with Crippen LogP contribution in [-0.2, 0) is 0 Å². The second kappa shape index (κ2) is 6.75. The van der Waals surface area contributed by atoms with Gasteiger partial charge >= 0.3 is 0 Å². The summed E-state index contributed by atoms with van der Waals surface area (Å²) in [5.74, 6) is -0.441. The molecule has 4 nitrogen and oxygen atoms in total. The number of halogens is 1. The molecule has 2 aliphatic rings. The second-order valence-corrected chi connectivity index (χ2v) is 6.34. The molecule has 0 amide bonds. The first kappa shape index (κ1) is 15.4. The van der Waals surface area contributed by atoms with E-state index in [4.69, 9.17) is 5.73 Å². The Morgan fingerprint density at radius 2 is 1.68 bits per heavy atom. The topological polar surface area (TPSA) is 49.6 Å². The van der Waals surface area contributed by atoms with Crippen LogP contribution >= 0.6 is 0 Å². The maximum Gasteiger partial charge on any atom is 0.168 e. The molecule has 0 aromatic heterocycles. The highest BCUT2D eigenvalue weighted by Gasteiger charge is 2.29. The molecular formula is C17H24FN3O. The van der Waals surface area contributed by atoms with Crippen molar-refractivity contribution in [3.8, 4) is 0 Å². The van der Waals surface area contributed by atoms with Crippen molar-refractivity contribution in [1.82, 2.24) is 10.0 Å². The van der Waals surface area contributed by atoms with Crippen molar-refractivity contribution in [1.29, 1.82) is 0 Å². The van der Waals surface area contributed by atoms with E-state index in [0.29, 0.717) is 11.3 Å². The van der Waals surface area contributed by atoms with Crippen molar-refractivity contribution in [2.24, 2.45) is 5.92 Å². The lowest BCUT2D eigenvalue weighted by atomic mass is 9.88. The molecule has 0 unspecified atom stereocenters. The molecule has 2 N–H and O–H groups in total. The zero-order valence-electron chi connectivity index (χ0n) is 12.9. The van der Waals surface area contributed by atoms with Crippen LogP contribution in [0.3, 0.4) is 0 Å². The zero-order valence-corrected chi connectivity index (χ0v) is 12.9. The summed E-state index contributed by atoms with van der Waals surface area (Å²) in [7, 11) is 0. The van der Waals surface area contributed by atoms with Gasteiger partial charge in [0, 0.05) is 43.3 Å². The van der Waals surface area contributed by atoms with E-state index >= 15 is 0 Å². The molecule has 0 aliphatic carbocycles. The smallest absolute Gasteiger partial charge is 0.168 e. The molecule has 0 atom stereocenters. The predicted octanol–water partition coefficient (Wildman–Crippen LogP) is 2.70. The van der Waals surface area contributed by atoms with Crippen LogP contribution in [0.2, 0.25) is 0 Å². The maximum absolute atomic E-state index is 13.4. The third-order valence-corrected chi connectivity index (χ3v) is 4.86. The molecule has 0 radical (unpaired) electrons. The Hall–Kier alpha value is -1.46. The molecule has 2 saturated heterocycles. The zero-order chi connectivity index (χ0) is 15.5. The Kier molecular flexibility index (Phi) is 4.74. The van der Waals surface area contributed by atoms with Gasteiger partial charge in [0.25, 0.3) is 0 Å². The number of hydrogen-bond donors (Lipinski definition) is 1. The van der Waals surface area contributed by atoms with E-state index in [1.165, 1.54) is 37.5 Å². The molecule has 22 heavy (non-hydrogen) atoms. The van der Waals surface area contributed by atoms with Gasteiger partial charge in [-0.15, -0.1) is 0 Å². The summed E-state index contributed by atoms with van der Waals surface area (Å²) >= 11 is 0. The van der Waals surface area contributed by atoms with Crippen LogP contribution in [0.25, 0.3) is 0 Å². The molecule has 120 valence electrons. The van der Waals surface area contributed by atoms with Crippen molar-refractivity contribution in [3.63, 3.8) is 0 Å². The molecule has 2 heterocycles. The number of rotatable bonds is 3. The van der Waals surface area contributed by atoms with E-state index in [2.05, 4.69) is 10.0 Å². The van der Waals surface area contributed by atoms with Crippen LogP contribution in [0.4, 0.5) is 10.1 Å². The van der Waals surface area contributed by atoms with Gasteiger partial charge in [0.05, 0.1) is 0 Å². The number of carbonyl (C=O) groups is 1. The Labute approximate surface area is 131 Å². The number of nitrogens with two attached hydrogens (primary N) is 1. The maximum atomic E-state index is 13.4. The number of Topliss-reactive ketones (excluding diaryl/α,β-unsaturated/α-hetero) is 1. The molecule has 1 aromatic carbocycles. The molecule has 0 saturated carbocycles. The lowest BCUT2D eigenvalue weighted by Gasteiger charge is -2.41.